The third kappa shape index (κ3) is 2.39. The molecule has 2 aromatic rings. The molecule has 138 valence electrons. The number of halogens is 2. The Morgan fingerprint density at radius 1 is 0.778 bits per heavy atom. The van der Waals surface area contributed by atoms with Gasteiger partial charge in [-0.25, -0.2) is 14.9 Å². The van der Waals surface area contributed by atoms with E-state index in [9.17, 15) is 9.59 Å². The lowest BCUT2D eigenvalue weighted by Gasteiger charge is -2.30. The van der Waals surface area contributed by atoms with Crippen molar-refractivity contribution in [1.82, 2.24) is 10.0 Å². The summed E-state index contributed by atoms with van der Waals surface area (Å²) < 4.78 is 0. The number of hydrogen-bond donors (Lipinski definition) is 0. The van der Waals surface area contributed by atoms with Crippen LogP contribution in [-0.4, -0.2) is 41.0 Å². The maximum absolute atomic E-state index is 13.5. The van der Waals surface area contributed by atoms with Crippen LogP contribution in [0.1, 0.15) is 18.0 Å². The van der Waals surface area contributed by atoms with E-state index in [2.05, 4.69) is 10.0 Å². The first-order chi connectivity index (χ1) is 13.1. The highest BCUT2D eigenvalue weighted by Gasteiger charge is 2.63. The van der Waals surface area contributed by atoms with Gasteiger partial charge < -0.3 is 0 Å². The van der Waals surface area contributed by atoms with E-state index in [-0.39, 0.29) is 17.9 Å². The summed E-state index contributed by atoms with van der Waals surface area (Å²) in [5.74, 6) is -0.943. The van der Waals surface area contributed by atoms with Gasteiger partial charge in [0.1, 0.15) is 6.04 Å². The van der Waals surface area contributed by atoms with E-state index in [1.54, 1.807) is 18.2 Å². The zero-order chi connectivity index (χ0) is 18.7. The second-order valence-electron chi connectivity index (χ2n) is 7.09. The van der Waals surface area contributed by atoms with E-state index < -0.39 is 12.0 Å². The highest BCUT2D eigenvalue weighted by atomic mass is 35.5. The molecule has 0 spiro atoms. The van der Waals surface area contributed by atoms with Crippen LogP contribution in [0.3, 0.4) is 0 Å². The zero-order valence-electron chi connectivity index (χ0n) is 14.4. The molecule has 3 aliphatic rings. The average molecular weight is 402 g/mol. The first kappa shape index (κ1) is 17.2. The number of carbonyl (C=O) groups is 2. The molecule has 3 heterocycles. The Kier molecular flexibility index (Phi) is 4.02. The molecule has 0 aromatic heterocycles. The van der Waals surface area contributed by atoms with Crippen molar-refractivity contribution in [3.05, 3.63) is 64.1 Å². The molecule has 5 nitrogen and oxygen atoms in total. The average Bonchev–Trinajstić information content (AvgIpc) is 3.30. The second-order valence-corrected chi connectivity index (χ2v) is 7.90. The maximum Gasteiger partial charge on any atom is 0.253 e. The Hall–Kier alpha value is -1.92. The third-order valence-corrected chi connectivity index (χ3v) is 6.32. The summed E-state index contributed by atoms with van der Waals surface area (Å²) in [6.07, 6.45) is 0.973. The molecule has 0 radical (unpaired) electrons. The van der Waals surface area contributed by atoms with Gasteiger partial charge >= 0.3 is 0 Å². The second kappa shape index (κ2) is 6.31. The highest BCUT2D eigenvalue weighted by Crippen LogP contribution is 2.50. The van der Waals surface area contributed by atoms with Crippen LogP contribution in [0.5, 0.6) is 0 Å². The van der Waals surface area contributed by atoms with E-state index in [1.807, 2.05) is 30.3 Å². The van der Waals surface area contributed by atoms with Crippen LogP contribution in [0.4, 0.5) is 5.69 Å². The van der Waals surface area contributed by atoms with Gasteiger partial charge in [0.2, 0.25) is 5.91 Å². The highest BCUT2D eigenvalue weighted by molar-refractivity contribution is 6.42. The van der Waals surface area contributed by atoms with Gasteiger partial charge in [-0.3, -0.25) is 9.59 Å². The summed E-state index contributed by atoms with van der Waals surface area (Å²) in [6.45, 7) is 1.62. The number of para-hydroxylation sites is 1. The van der Waals surface area contributed by atoms with E-state index in [0.717, 1.165) is 25.1 Å². The Labute approximate surface area is 167 Å². The van der Waals surface area contributed by atoms with Crippen LogP contribution in [0, 0.1) is 5.92 Å². The standard InChI is InChI=1S/C20H17Cl2N3O2/c21-13-8-4-9-14(22)17(13)25-19(26)15-16(12-6-2-1-3-7-12)23-10-5-11-24(23)18(15)20(25)27/h1-4,6-9,15-16,18H,5,10-11H2/t15-,16+,18+/m0/s1. The lowest BCUT2D eigenvalue weighted by atomic mass is 9.90. The van der Waals surface area contributed by atoms with Gasteiger partial charge in [0.05, 0.1) is 27.7 Å². The predicted molar refractivity (Wildman–Crippen MR) is 103 cm³/mol. The first-order valence-corrected chi connectivity index (χ1v) is 9.75. The molecule has 3 aliphatic heterocycles. The Morgan fingerprint density at radius 2 is 1.41 bits per heavy atom. The zero-order valence-corrected chi connectivity index (χ0v) is 15.9. The molecule has 0 bridgehead atoms. The molecular formula is C20H17Cl2N3O2. The van der Waals surface area contributed by atoms with Gasteiger partial charge in [-0.2, -0.15) is 0 Å². The van der Waals surface area contributed by atoms with Crippen molar-refractivity contribution in [1.29, 1.82) is 0 Å². The van der Waals surface area contributed by atoms with Crippen LogP contribution in [0.25, 0.3) is 0 Å². The molecule has 2 aromatic carbocycles. The van der Waals surface area contributed by atoms with Crippen molar-refractivity contribution in [3.63, 3.8) is 0 Å². The number of nitrogens with zero attached hydrogens (tertiary/aromatic N) is 3. The fraction of sp³-hybridized carbons (Fsp3) is 0.300. The third-order valence-electron chi connectivity index (χ3n) is 5.71. The van der Waals surface area contributed by atoms with Gasteiger partial charge in [0.15, 0.2) is 0 Å². The quantitative estimate of drug-likeness (QED) is 0.721. The number of imide groups is 1. The molecule has 0 N–H and O–H groups in total. The first-order valence-electron chi connectivity index (χ1n) is 8.99. The SMILES string of the molecule is O=C1[C@H]2[C@@H](c3ccccc3)N3CCCN3[C@H]2C(=O)N1c1c(Cl)cccc1Cl. The summed E-state index contributed by atoms with van der Waals surface area (Å²) >= 11 is 12.6. The maximum atomic E-state index is 13.5. The van der Waals surface area contributed by atoms with Crippen LogP contribution in [-0.2, 0) is 9.59 Å². The fourth-order valence-corrected chi connectivity index (χ4v) is 5.25. The minimum absolute atomic E-state index is 0.151. The molecule has 3 fully saturated rings. The summed E-state index contributed by atoms with van der Waals surface area (Å²) in [5, 5.41) is 4.86. The monoisotopic (exact) mass is 401 g/mol. The number of carbonyl (C=O) groups excluding carboxylic acids is 2. The molecule has 0 saturated carbocycles. The number of anilines is 1. The van der Waals surface area contributed by atoms with Crippen molar-refractivity contribution >= 4 is 40.7 Å². The lowest BCUT2D eigenvalue weighted by Crippen LogP contribution is -2.44. The molecule has 3 atom stereocenters. The summed E-state index contributed by atoms with van der Waals surface area (Å²) in [4.78, 5) is 28.0. The van der Waals surface area contributed by atoms with E-state index in [0.29, 0.717) is 15.7 Å². The Bertz CT molecular complexity index is 916. The number of amides is 2. The van der Waals surface area contributed by atoms with Gasteiger partial charge in [-0.05, 0) is 24.1 Å². The molecule has 3 saturated heterocycles. The van der Waals surface area contributed by atoms with E-state index in [4.69, 9.17) is 23.2 Å². The minimum atomic E-state index is -0.502. The molecule has 0 unspecified atom stereocenters. The van der Waals surface area contributed by atoms with Crippen molar-refractivity contribution in [2.75, 3.05) is 18.0 Å². The summed E-state index contributed by atoms with van der Waals surface area (Å²) in [6, 6.07) is 14.3. The van der Waals surface area contributed by atoms with E-state index >= 15 is 0 Å². The van der Waals surface area contributed by atoms with Crippen LogP contribution in [0.2, 0.25) is 10.0 Å². The molecule has 2 amide bonds. The van der Waals surface area contributed by atoms with Gasteiger partial charge in [-0.15, -0.1) is 0 Å². The smallest absolute Gasteiger partial charge is 0.253 e. The number of benzene rings is 2. The molecule has 5 rings (SSSR count). The summed E-state index contributed by atoms with van der Waals surface area (Å²) in [7, 11) is 0. The lowest BCUT2D eigenvalue weighted by molar-refractivity contribution is -0.126. The number of hydrogen-bond acceptors (Lipinski definition) is 4. The largest absolute Gasteiger partial charge is 0.274 e. The number of rotatable bonds is 2. The molecular weight excluding hydrogens is 385 g/mol. The normalized spacial score (nSPS) is 28.1. The minimum Gasteiger partial charge on any atom is -0.274 e. The van der Waals surface area contributed by atoms with Gasteiger partial charge in [0.25, 0.3) is 5.91 Å². The predicted octanol–water partition coefficient (Wildman–Crippen LogP) is 3.53. The van der Waals surface area contributed by atoms with Crippen LogP contribution in [0.15, 0.2) is 48.5 Å². The topological polar surface area (TPSA) is 43.9 Å². The van der Waals surface area contributed by atoms with Crippen molar-refractivity contribution in [2.24, 2.45) is 5.92 Å². The van der Waals surface area contributed by atoms with Crippen LogP contribution < -0.4 is 4.90 Å². The molecule has 27 heavy (non-hydrogen) atoms. The number of fused-ring (bicyclic) bond motifs is 3. The molecule has 7 heteroatoms. The number of hydrazine groups is 1. The van der Waals surface area contributed by atoms with Crippen molar-refractivity contribution in [3.8, 4) is 0 Å². The summed E-state index contributed by atoms with van der Waals surface area (Å²) in [5.41, 5.74) is 1.34. The Balaban J connectivity index is 1.63. The van der Waals surface area contributed by atoms with Crippen LogP contribution >= 0.6 is 23.2 Å². The van der Waals surface area contributed by atoms with Crippen molar-refractivity contribution < 1.29 is 9.59 Å². The van der Waals surface area contributed by atoms with E-state index in [1.165, 1.54) is 4.90 Å². The van der Waals surface area contributed by atoms with Gasteiger partial charge in [-0.1, -0.05) is 59.6 Å². The fourth-order valence-electron chi connectivity index (χ4n) is 4.69. The van der Waals surface area contributed by atoms with Gasteiger partial charge in [0, 0.05) is 13.1 Å². The van der Waals surface area contributed by atoms with Crippen molar-refractivity contribution in [2.45, 2.75) is 18.5 Å². The Morgan fingerprint density at radius 3 is 2.07 bits per heavy atom. The molecule has 0 aliphatic carbocycles.